The molecule has 0 aromatic carbocycles. The number of aliphatic hydroxyl groups excluding tert-OH is 1. The summed E-state index contributed by atoms with van der Waals surface area (Å²) in [6, 6.07) is 0. The van der Waals surface area contributed by atoms with Crippen LogP contribution in [0, 0.1) is 11.8 Å². The number of methoxy groups -OCH3 is 1. The van der Waals surface area contributed by atoms with Crippen molar-refractivity contribution in [3.05, 3.63) is 24.3 Å². The fourth-order valence-corrected chi connectivity index (χ4v) is 3.30. The molecule has 0 radical (unpaired) electrons. The van der Waals surface area contributed by atoms with Gasteiger partial charge in [0, 0.05) is 19.4 Å². The van der Waals surface area contributed by atoms with Gasteiger partial charge in [0.25, 0.3) is 0 Å². The second kappa shape index (κ2) is 11.3. The minimum Gasteiger partial charge on any atom is -0.463 e. The van der Waals surface area contributed by atoms with Crippen LogP contribution < -0.4 is 0 Å². The SMILES string of the molecule is CO[C@@H]1COC(=O)C/C=C/[C@@H](C)[C@@H]2C=C[C@H](O)[C@@H](COC(=O)CCC[C@H]1C)O2. The van der Waals surface area contributed by atoms with Gasteiger partial charge < -0.3 is 24.1 Å². The Hall–Kier alpha value is -1.70. The molecule has 0 amide bonds. The van der Waals surface area contributed by atoms with E-state index in [9.17, 15) is 14.7 Å². The van der Waals surface area contributed by atoms with Gasteiger partial charge in [-0.1, -0.05) is 38.2 Å². The average Bonchev–Trinajstić information content (AvgIpc) is 2.67. The molecule has 0 spiro atoms. The standard InChI is InChI=1S/C21H32O7/c1-14-6-4-8-20(23)26-12-18(25-3)15(2)7-5-9-21(24)27-13-19-16(22)10-11-17(14)28-19/h4,6,10-11,14-19,22H,5,7-9,12-13H2,1-3H3/b6-4+/t14-,15-,16+,17+,18-,19-/m1/s1. The van der Waals surface area contributed by atoms with Crippen molar-refractivity contribution in [2.24, 2.45) is 11.8 Å². The highest BCUT2D eigenvalue weighted by atomic mass is 16.6. The first kappa shape index (κ1) is 22.6. The van der Waals surface area contributed by atoms with Crippen molar-refractivity contribution in [1.82, 2.24) is 0 Å². The minimum absolute atomic E-state index is 0.0135. The van der Waals surface area contributed by atoms with Crippen molar-refractivity contribution in [3.8, 4) is 0 Å². The van der Waals surface area contributed by atoms with Crippen molar-refractivity contribution in [3.63, 3.8) is 0 Å². The van der Waals surface area contributed by atoms with Gasteiger partial charge in [-0.15, -0.1) is 0 Å². The molecule has 158 valence electrons. The Balaban J connectivity index is 2.05. The lowest BCUT2D eigenvalue weighted by Crippen LogP contribution is -2.40. The molecule has 0 aliphatic carbocycles. The molecule has 2 aliphatic heterocycles. The predicted molar refractivity (Wildman–Crippen MR) is 102 cm³/mol. The maximum Gasteiger partial charge on any atom is 0.309 e. The summed E-state index contributed by atoms with van der Waals surface area (Å²) in [6.45, 7) is 4.17. The molecule has 0 saturated carbocycles. The van der Waals surface area contributed by atoms with Crippen LogP contribution in [0.5, 0.6) is 0 Å². The van der Waals surface area contributed by atoms with Crippen LogP contribution in [0.15, 0.2) is 24.3 Å². The molecule has 1 N–H and O–H groups in total. The lowest BCUT2D eigenvalue weighted by molar-refractivity contribution is -0.154. The molecule has 0 unspecified atom stereocenters. The second-order valence-electron chi connectivity index (χ2n) is 7.52. The second-order valence-corrected chi connectivity index (χ2v) is 7.52. The van der Waals surface area contributed by atoms with Crippen LogP contribution in [0.25, 0.3) is 0 Å². The van der Waals surface area contributed by atoms with E-state index in [0.29, 0.717) is 6.42 Å². The zero-order valence-corrected chi connectivity index (χ0v) is 16.9. The number of rotatable bonds is 1. The number of hydrogen-bond donors (Lipinski definition) is 1. The Morgan fingerprint density at radius 1 is 1.07 bits per heavy atom. The van der Waals surface area contributed by atoms with E-state index in [0.717, 1.165) is 6.42 Å². The molecule has 2 heterocycles. The van der Waals surface area contributed by atoms with Gasteiger partial charge in [-0.25, -0.2) is 0 Å². The van der Waals surface area contributed by atoms with Crippen LogP contribution in [0.1, 0.15) is 39.5 Å². The van der Waals surface area contributed by atoms with Gasteiger partial charge in [0.15, 0.2) is 0 Å². The van der Waals surface area contributed by atoms with E-state index in [-0.39, 0.29) is 62.0 Å². The van der Waals surface area contributed by atoms with Gasteiger partial charge in [0.2, 0.25) is 0 Å². The highest BCUT2D eigenvalue weighted by Crippen LogP contribution is 2.21. The smallest absolute Gasteiger partial charge is 0.309 e. The summed E-state index contributed by atoms with van der Waals surface area (Å²) in [4.78, 5) is 24.0. The summed E-state index contributed by atoms with van der Waals surface area (Å²) in [6.07, 6.45) is 7.05. The molecule has 2 bridgehead atoms. The average molecular weight is 396 g/mol. The Morgan fingerprint density at radius 2 is 1.82 bits per heavy atom. The third-order valence-corrected chi connectivity index (χ3v) is 5.25. The Kier molecular flexibility index (Phi) is 9.15. The summed E-state index contributed by atoms with van der Waals surface area (Å²) in [7, 11) is 1.59. The Labute approximate surface area is 166 Å². The van der Waals surface area contributed by atoms with Crippen molar-refractivity contribution >= 4 is 11.9 Å². The lowest BCUT2D eigenvalue weighted by atomic mass is 9.98. The predicted octanol–water partition coefficient (Wildman–Crippen LogP) is 2.17. The number of ether oxygens (including phenoxy) is 4. The molecular weight excluding hydrogens is 364 g/mol. The van der Waals surface area contributed by atoms with Gasteiger partial charge in [-0.2, -0.15) is 0 Å². The Morgan fingerprint density at radius 3 is 2.57 bits per heavy atom. The van der Waals surface area contributed by atoms with Crippen LogP contribution >= 0.6 is 0 Å². The van der Waals surface area contributed by atoms with Gasteiger partial charge in [0.1, 0.15) is 25.4 Å². The summed E-state index contributed by atoms with van der Waals surface area (Å²) in [5.41, 5.74) is 0. The van der Waals surface area contributed by atoms with E-state index in [1.54, 1.807) is 25.3 Å². The number of hydrogen-bond acceptors (Lipinski definition) is 7. The van der Waals surface area contributed by atoms with Crippen LogP contribution in [0.2, 0.25) is 0 Å². The molecule has 0 fully saturated rings. The quantitative estimate of drug-likeness (QED) is 0.536. The van der Waals surface area contributed by atoms with Crippen molar-refractivity contribution in [2.45, 2.75) is 63.9 Å². The topological polar surface area (TPSA) is 91.3 Å². The maximum absolute atomic E-state index is 12.0. The fourth-order valence-electron chi connectivity index (χ4n) is 3.30. The highest BCUT2D eigenvalue weighted by molar-refractivity contribution is 5.71. The van der Waals surface area contributed by atoms with Crippen LogP contribution in [0.4, 0.5) is 0 Å². The van der Waals surface area contributed by atoms with Gasteiger partial charge in [0.05, 0.1) is 18.6 Å². The molecule has 2 rings (SSSR count). The third-order valence-electron chi connectivity index (χ3n) is 5.25. The summed E-state index contributed by atoms with van der Waals surface area (Å²) in [5, 5.41) is 10.1. The minimum atomic E-state index is -0.816. The van der Waals surface area contributed by atoms with E-state index < -0.39 is 12.2 Å². The molecule has 2 aliphatic rings. The molecular formula is C21H32O7. The molecule has 0 saturated heterocycles. The summed E-state index contributed by atoms with van der Waals surface area (Å²) in [5.74, 6) is -0.505. The third kappa shape index (κ3) is 7.04. The Bertz CT molecular complexity index is 571. The first-order valence-corrected chi connectivity index (χ1v) is 9.93. The molecule has 6 atom stereocenters. The molecule has 7 heteroatoms. The number of aliphatic hydroxyl groups is 1. The number of carbonyl (C=O) groups excluding carboxylic acids is 2. The first-order valence-electron chi connectivity index (χ1n) is 9.93. The van der Waals surface area contributed by atoms with Crippen molar-refractivity contribution in [2.75, 3.05) is 20.3 Å². The van der Waals surface area contributed by atoms with E-state index in [4.69, 9.17) is 18.9 Å². The van der Waals surface area contributed by atoms with Crippen LogP contribution in [0.3, 0.4) is 0 Å². The van der Waals surface area contributed by atoms with Crippen LogP contribution in [-0.4, -0.2) is 61.8 Å². The number of carbonyl (C=O) groups is 2. The lowest BCUT2D eigenvalue weighted by Gasteiger charge is -2.31. The largest absolute Gasteiger partial charge is 0.463 e. The van der Waals surface area contributed by atoms with Gasteiger partial charge >= 0.3 is 11.9 Å². The highest BCUT2D eigenvalue weighted by Gasteiger charge is 2.29. The molecule has 0 aromatic heterocycles. The van der Waals surface area contributed by atoms with E-state index in [1.807, 2.05) is 19.9 Å². The molecule has 0 aromatic rings. The normalized spacial score (nSPS) is 37.3. The number of fused-ring (bicyclic) bond motifs is 2. The van der Waals surface area contributed by atoms with Crippen LogP contribution in [-0.2, 0) is 28.5 Å². The van der Waals surface area contributed by atoms with Crippen molar-refractivity contribution < 1.29 is 33.6 Å². The van der Waals surface area contributed by atoms with Gasteiger partial charge in [-0.3, -0.25) is 9.59 Å². The van der Waals surface area contributed by atoms with E-state index >= 15 is 0 Å². The summed E-state index contributed by atoms with van der Waals surface area (Å²) < 4.78 is 21.9. The molecule has 7 nitrogen and oxygen atoms in total. The van der Waals surface area contributed by atoms with Gasteiger partial charge in [-0.05, 0) is 18.8 Å². The van der Waals surface area contributed by atoms with Crippen molar-refractivity contribution in [1.29, 1.82) is 0 Å². The fraction of sp³-hybridized carbons (Fsp3) is 0.714. The first-order chi connectivity index (χ1) is 13.4. The van der Waals surface area contributed by atoms with E-state index in [2.05, 4.69) is 0 Å². The maximum atomic E-state index is 12.0. The zero-order chi connectivity index (χ0) is 20.5. The van der Waals surface area contributed by atoms with E-state index in [1.165, 1.54) is 0 Å². The number of esters is 2. The number of cyclic esters (lactones) is 2. The monoisotopic (exact) mass is 396 g/mol. The molecule has 28 heavy (non-hydrogen) atoms. The zero-order valence-electron chi connectivity index (χ0n) is 16.9. The summed E-state index contributed by atoms with van der Waals surface area (Å²) >= 11 is 0.